The summed E-state index contributed by atoms with van der Waals surface area (Å²) in [6, 6.07) is 12.4. The molecule has 0 radical (unpaired) electrons. The maximum absolute atomic E-state index is 13.0. The minimum atomic E-state index is -0.673. The van der Waals surface area contributed by atoms with Crippen LogP contribution in [0.1, 0.15) is 41.6 Å². The van der Waals surface area contributed by atoms with Crippen LogP contribution in [-0.2, 0) is 20.7 Å². The molecule has 1 amide bonds. The lowest BCUT2D eigenvalue weighted by Gasteiger charge is -2.25. The van der Waals surface area contributed by atoms with Crippen LogP contribution in [0.2, 0.25) is 0 Å². The summed E-state index contributed by atoms with van der Waals surface area (Å²) >= 11 is 0. The molecular formula is C25H29NO5. The van der Waals surface area contributed by atoms with Crippen molar-refractivity contribution in [1.82, 2.24) is 4.90 Å². The van der Waals surface area contributed by atoms with E-state index in [9.17, 15) is 14.7 Å². The Hall–Kier alpha value is -3.12. The van der Waals surface area contributed by atoms with Gasteiger partial charge in [-0.1, -0.05) is 31.2 Å². The number of ketones is 1. The Morgan fingerprint density at radius 1 is 1.10 bits per heavy atom. The van der Waals surface area contributed by atoms with Crippen LogP contribution in [0, 0.1) is 6.92 Å². The minimum absolute atomic E-state index is 0.108. The average molecular weight is 424 g/mol. The summed E-state index contributed by atoms with van der Waals surface area (Å²) in [4.78, 5) is 27.4. The number of likely N-dealkylation sites (tertiary alicyclic amines) is 1. The average Bonchev–Trinajstić information content (AvgIpc) is 3.03. The number of rotatable bonds is 8. The van der Waals surface area contributed by atoms with Gasteiger partial charge in [0.1, 0.15) is 11.5 Å². The summed E-state index contributed by atoms with van der Waals surface area (Å²) in [6.45, 7) is 4.76. The zero-order valence-corrected chi connectivity index (χ0v) is 18.5. The minimum Gasteiger partial charge on any atom is -0.507 e. The molecule has 0 unspecified atom stereocenters. The van der Waals surface area contributed by atoms with Crippen LogP contribution in [0.25, 0.3) is 5.76 Å². The molecule has 6 heteroatoms. The molecule has 1 N–H and O–H groups in total. The van der Waals surface area contributed by atoms with Gasteiger partial charge in [0.25, 0.3) is 11.7 Å². The van der Waals surface area contributed by atoms with Crippen molar-refractivity contribution in [2.45, 2.75) is 32.7 Å². The fraction of sp³-hybridized carbons (Fsp3) is 0.360. The molecule has 0 aromatic heterocycles. The normalized spacial score (nSPS) is 17.9. The first-order valence-corrected chi connectivity index (χ1v) is 10.4. The van der Waals surface area contributed by atoms with E-state index >= 15 is 0 Å². The summed E-state index contributed by atoms with van der Waals surface area (Å²) in [5.41, 5.74) is 3.36. The SMILES string of the molecule is CCc1ccc([C@H]2C(=C(O)c3ccc(OC)c(C)c3)C(=O)C(=O)N2CCCOC)cc1. The number of hydrogen-bond donors (Lipinski definition) is 1. The maximum atomic E-state index is 13.0. The molecular weight excluding hydrogens is 394 g/mol. The molecule has 3 rings (SSSR count). The molecule has 1 saturated heterocycles. The van der Waals surface area contributed by atoms with Gasteiger partial charge in [0.05, 0.1) is 18.7 Å². The van der Waals surface area contributed by atoms with Crippen molar-refractivity contribution in [2.75, 3.05) is 27.4 Å². The van der Waals surface area contributed by atoms with Gasteiger partial charge in [0.15, 0.2) is 0 Å². The number of aliphatic hydroxyl groups excluding tert-OH is 1. The van der Waals surface area contributed by atoms with E-state index in [4.69, 9.17) is 9.47 Å². The van der Waals surface area contributed by atoms with Gasteiger partial charge in [-0.05, 0) is 54.7 Å². The molecule has 2 aromatic carbocycles. The number of amides is 1. The second-order valence-corrected chi connectivity index (χ2v) is 7.62. The third kappa shape index (κ3) is 4.49. The monoisotopic (exact) mass is 423 g/mol. The molecule has 1 fully saturated rings. The van der Waals surface area contributed by atoms with Crippen molar-refractivity contribution in [3.63, 3.8) is 0 Å². The number of Topliss-reactive ketones (excluding diaryl/α,β-unsaturated/α-hetero) is 1. The summed E-state index contributed by atoms with van der Waals surface area (Å²) in [6.07, 6.45) is 1.48. The van der Waals surface area contributed by atoms with Crippen LogP contribution in [0.15, 0.2) is 48.0 Å². The van der Waals surface area contributed by atoms with Gasteiger partial charge in [0.2, 0.25) is 0 Å². The Morgan fingerprint density at radius 3 is 2.39 bits per heavy atom. The van der Waals surface area contributed by atoms with E-state index in [0.29, 0.717) is 30.9 Å². The number of hydrogen-bond acceptors (Lipinski definition) is 5. The fourth-order valence-corrected chi connectivity index (χ4v) is 3.95. The summed E-state index contributed by atoms with van der Waals surface area (Å²) in [7, 11) is 3.18. The van der Waals surface area contributed by atoms with Gasteiger partial charge < -0.3 is 19.5 Å². The largest absolute Gasteiger partial charge is 0.507 e. The lowest BCUT2D eigenvalue weighted by atomic mass is 9.94. The van der Waals surface area contributed by atoms with Crippen molar-refractivity contribution in [2.24, 2.45) is 0 Å². The number of benzene rings is 2. The molecule has 0 spiro atoms. The number of carbonyl (C=O) groups excluding carboxylic acids is 2. The van der Waals surface area contributed by atoms with Gasteiger partial charge in [-0.15, -0.1) is 0 Å². The maximum Gasteiger partial charge on any atom is 0.295 e. The standard InChI is InChI=1S/C25H29NO5/c1-5-17-7-9-18(10-8-17)22-21(24(28)25(29)26(22)13-6-14-30-3)23(27)19-11-12-20(31-4)16(2)15-19/h7-12,15,22,27H,5-6,13-14H2,1-4H3/t22-/m0/s1. The van der Waals surface area contributed by atoms with Crippen molar-refractivity contribution < 1.29 is 24.2 Å². The highest BCUT2D eigenvalue weighted by Crippen LogP contribution is 2.40. The van der Waals surface area contributed by atoms with E-state index in [2.05, 4.69) is 6.92 Å². The first-order valence-electron chi connectivity index (χ1n) is 10.4. The second kappa shape index (κ2) is 9.79. The number of aliphatic hydroxyl groups is 1. The Labute approximate surface area is 183 Å². The van der Waals surface area contributed by atoms with Gasteiger partial charge in [-0.25, -0.2) is 0 Å². The Morgan fingerprint density at radius 2 is 1.81 bits per heavy atom. The van der Waals surface area contributed by atoms with E-state index in [1.807, 2.05) is 31.2 Å². The van der Waals surface area contributed by atoms with E-state index in [-0.39, 0.29) is 11.3 Å². The van der Waals surface area contributed by atoms with E-state index < -0.39 is 17.7 Å². The number of methoxy groups -OCH3 is 2. The topological polar surface area (TPSA) is 76.1 Å². The summed E-state index contributed by atoms with van der Waals surface area (Å²) in [5.74, 6) is -0.772. The highest BCUT2D eigenvalue weighted by molar-refractivity contribution is 6.46. The molecule has 0 saturated carbocycles. The van der Waals surface area contributed by atoms with Crippen molar-refractivity contribution in [3.05, 3.63) is 70.3 Å². The van der Waals surface area contributed by atoms with Crippen molar-refractivity contribution >= 4 is 17.4 Å². The van der Waals surface area contributed by atoms with Crippen LogP contribution in [0.4, 0.5) is 0 Å². The molecule has 31 heavy (non-hydrogen) atoms. The van der Waals surface area contributed by atoms with Gasteiger partial charge in [-0.3, -0.25) is 9.59 Å². The van der Waals surface area contributed by atoms with Crippen LogP contribution >= 0.6 is 0 Å². The van der Waals surface area contributed by atoms with E-state index in [1.54, 1.807) is 32.4 Å². The smallest absolute Gasteiger partial charge is 0.295 e. The third-order valence-electron chi connectivity index (χ3n) is 5.66. The Balaban J connectivity index is 2.11. The predicted molar refractivity (Wildman–Crippen MR) is 119 cm³/mol. The van der Waals surface area contributed by atoms with Crippen LogP contribution < -0.4 is 4.74 Å². The number of aryl methyl sites for hydroxylation is 2. The Kier molecular flexibility index (Phi) is 7.13. The zero-order chi connectivity index (χ0) is 22.5. The number of nitrogens with zero attached hydrogens (tertiary/aromatic N) is 1. The summed E-state index contributed by atoms with van der Waals surface area (Å²) in [5, 5.41) is 11.1. The summed E-state index contributed by atoms with van der Waals surface area (Å²) < 4.78 is 10.4. The second-order valence-electron chi connectivity index (χ2n) is 7.62. The highest BCUT2D eigenvalue weighted by Gasteiger charge is 2.45. The van der Waals surface area contributed by atoms with Crippen molar-refractivity contribution in [1.29, 1.82) is 0 Å². The molecule has 0 bridgehead atoms. The molecule has 1 atom stereocenters. The molecule has 1 aliphatic heterocycles. The quantitative estimate of drug-likeness (QED) is 0.300. The van der Waals surface area contributed by atoms with Crippen molar-refractivity contribution in [3.8, 4) is 5.75 Å². The molecule has 2 aromatic rings. The lowest BCUT2D eigenvalue weighted by molar-refractivity contribution is -0.140. The third-order valence-corrected chi connectivity index (χ3v) is 5.66. The number of ether oxygens (including phenoxy) is 2. The molecule has 6 nitrogen and oxygen atoms in total. The number of carbonyl (C=O) groups is 2. The van der Waals surface area contributed by atoms with Crippen LogP contribution in [-0.4, -0.2) is 49.1 Å². The first-order chi connectivity index (χ1) is 14.9. The van der Waals surface area contributed by atoms with E-state index in [0.717, 1.165) is 23.1 Å². The molecule has 1 aliphatic rings. The van der Waals surface area contributed by atoms with Crippen LogP contribution in [0.3, 0.4) is 0 Å². The van der Waals surface area contributed by atoms with Gasteiger partial charge in [0, 0.05) is 25.8 Å². The first kappa shape index (κ1) is 22.6. The van der Waals surface area contributed by atoms with Crippen LogP contribution in [0.5, 0.6) is 5.75 Å². The molecule has 164 valence electrons. The zero-order valence-electron chi connectivity index (χ0n) is 18.5. The van der Waals surface area contributed by atoms with Gasteiger partial charge >= 0.3 is 0 Å². The lowest BCUT2D eigenvalue weighted by Crippen LogP contribution is -2.31. The van der Waals surface area contributed by atoms with Gasteiger partial charge in [-0.2, -0.15) is 0 Å². The Bertz CT molecular complexity index is 993. The molecule has 1 heterocycles. The molecule has 0 aliphatic carbocycles. The van der Waals surface area contributed by atoms with E-state index in [1.165, 1.54) is 4.90 Å². The highest BCUT2D eigenvalue weighted by atomic mass is 16.5. The predicted octanol–water partition coefficient (Wildman–Crippen LogP) is 4.02. The fourth-order valence-electron chi connectivity index (χ4n) is 3.95.